The van der Waals surface area contributed by atoms with Crippen molar-refractivity contribution in [1.29, 1.82) is 0 Å². The van der Waals surface area contributed by atoms with Crippen LogP contribution in [0.1, 0.15) is 0 Å². The lowest BCUT2D eigenvalue weighted by molar-refractivity contribution is -0.113. The Morgan fingerprint density at radius 1 is 1.09 bits per heavy atom. The Hall–Kier alpha value is -2.96. The molecule has 0 spiro atoms. The van der Waals surface area contributed by atoms with Crippen LogP contribution in [0.4, 0.5) is 15.8 Å². The van der Waals surface area contributed by atoms with Gasteiger partial charge in [-0.3, -0.25) is 4.79 Å². The number of amides is 1. The first-order valence-corrected chi connectivity index (χ1v) is 12.9. The summed E-state index contributed by atoms with van der Waals surface area (Å²) in [5.74, 6) is -0.603. The van der Waals surface area contributed by atoms with Crippen LogP contribution in [0.25, 0.3) is 11.5 Å². The fraction of sp³-hybridized carbons (Fsp3) is 0.286. The average molecular weight is 492 g/mol. The smallest absolute Gasteiger partial charge is 0.277 e. The highest BCUT2D eigenvalue weighted by Crippen LogP contribution is 2.25. The van der Waals surface area contributed by atoms with Gasteiger partial charge in [-0.15, -0.1) is 10.2 Å². The molecule has 1 aliphatic rings. The minimum absolute atomic E-state index is 0.0497. The second-order valence-corrected chi connectivity index (χ2v) is 10.3. The molecule has 1 fully saturated rings. The highest BCUT2D eigenvalue weighted by molar-refractivity contribution is 7.99. The van der Waals surface area contributed by atoms with Gasteiger partial charge in [0.2, 0.25) is 15.9 Å². The highest BCUT2D eigenvalue weighted by atomic mass is 32.2. The van der Waals surface area contributed by atoms with Crippen molar-refractivity contribution in [2.24, 2.45) is 0 Å². The van der Waals surface area contributed by atoms with Gasteiger partial charge in [-0.2, -0.15) is 4.31 Å². The molecule has 3 aromatic rings. The van der Waals surface area contributed by atoms with E-state index in [0.29, 0.717) is 31.9 Å². The summed E-state index contributed by atoms with van der Waals surface area (Å²) in [5, 5.41) is 10.7. The number of thioether (sulfide) groups is 1. The zero-order valence-electron chi connectivity index (χ0n) is 17.8. The largest absolute Gasteiger partial charge is 0.411 e. The molecule has 2 heterocycles. The number of aromatic nitrogens is 2. The van der Waals surface area contributed by atoms with E-state index >= 15 is 0 Å². The summed E-state index contributed by atoms with van der Waals surface area (Å²) in [6, 6.07) is 13.5. The van der Waals surface area contributed by atoms with Gasteiger partial charge in [0.1, 0.15) is 5.82 Å². The number of anilines is 2. The zero-order valence-corrected chi connectivity index (χ0v) is 19.4. The van der Waals surface area contributed by atoms with Crippen LogP contribution in [0.15, 0.2) is 58.2 Å². The number of rotatable bonds is 7. The van der Waals surface area contributed by atoms with E-state index in [4.69, 9.17) is 4.42 Å². The predicted octanol–water partition coefficient (Wildman–Crippen LogP) is 2.69. The Morgan fingerprint density at radius 3 is 2.45 bits per heavy atom. The summed E-state index contributed by atoms with van der Waals surface area (Å²) in [6.45, 7) is 2.11. The molecule has 1 saturated heterocycles. The van der Waals surface area contributed by atoms with Crippen molar-refractivity contribution in [3.63, 3.8) is 0 Å². The number of hydrogen-bond donors (Lipinski definition) is 1. The van der Waals surface area contributed by atoms with Crippen LogP contribution in [0.2, 0.25) is 0 Å². The second-order valence-electron chi connectivity index (χ2n) is 7.39. The van der Waals surface area contributed by atoms with Gasteiger partial charge in [-0.1, -0.05) is 23.9 Å². The van der Waals surface area contributed by atoms with Crippen LogP contribution in [0.3, 0.4) is 0 Å². The van der Waals surface area contributed by atoms with E-state index in [1.54, 1.807) is 30.3 Å². The van der Waals surface area contributed by atoms with Crippen LogP contribution in [0, 0.1) is 5.82 Å². The Kier molecular flexibility index (Phi) is 6.96. The van der Waals surface area contributed by atoms with Gasteiger partial charge < -0.3 is 14.6 Å². The van der Waals surface area contributed by atoms with Crippen molar-refractivity contribution in [3.05, 3.63) is 54.3 Å². The maximum absolute atomic E-state index is 13.8. The molecular formula is C21H22FN5O4S2. The molecule has 0 aliphatic carbocycles. The number of halogens is 1. The van der Waals surface area contributed by atoms with Gasteiger partial charge in [0.05, 0.1) is 17.6 Å². The number of piperazine rings is 1. The van der Waals surface area contributed by atoms with E-state index in [9.17, 15) is 17.6 Å². The highest BCUT2D eigenvalue weighted by Gasteiger charge is 2.23. The molecule has 0 radical (unpaired) electrons. The minimum atomic E-state index is -3.17. The van der Waals surface area contributed by atoms with Crippen LogP contribution >= 0.6 is 11.8 Å². The second kappa shape index (κ2) is 9.89. The SMILES string of the molecule is CS(=O)(=O)N1CCN(c2ccc(NC(=O)CSc3nnc(-c4ccccc4F)o3)cc2)CC1. The van der Waals surface area contributed by atoms with Crippen LogP contribution in [-0.2, 0) is 14.8 Å². The standard InChI is InChI=1S/C21H22FN5O4S2/c1-33(29,30)27-12-10-26(11-13-27)16-8-6-15(7-9-16)23-19(28)14-32-21-25-24-20(31-21)17-4-2-3-5-18(17)22/h2-9H,10-14H2,1H3,(H,23,28). The Balaban J connectivity index is 1.27. The number of nitrogens with one attached hydrogen (secondary N) is 1. The first kappa shape index (κ1) is 23.2. The monoisotopic (exact) mass is 491 g/mol. The summed E-state index contributed by atoms with van der Waals surface area (Å²) in [6.07, 6.45) is 1.22. The molecule has 1 aromatic heterocycles. The molecule has 9 nitrogen and oxygen atoms in total. The van der Waals surface area contributed by atoms with Gasteiger partial charge in [0, 0.05) is 37.6 Å². The molecule has 0 atom stereocenters. The van der Waals surface area contributed by atoms with Crippen molar-refractivity contribution in [1.82, 2.24) is 14.5 Å². The molecule has 0 unspecified atom stereocenters. The third-order valence-corrected chi connectivity index (χ3v) is 7.18. The van der Waals surface area contributed by atoms with E-state index in [0.717, 1.165) is 17.4 Å². The van der Waals surface area contributed by atoms with Gasteiger partial charge in [0.25, 0.3) is 11.1 Å². The summed E-state index contributed by atoms with van der Waals surface area (Å²) in [4.78, 5) is 14.4. The fourth-order valence-corrected chi connectivity index (χ4v) is 4.76. The summed E-state index contributed by atoms with van der Waals surface area (Å²) >= 11 is 1.06. The van der Waals surface area contributed by atoms with Gasteiger partial charge >= 0.3 is 0 Å². The minimum Gasteiger partial charge on any atom is -0.411 e. The normalized spacial score (nSPS) is 14.9. The molecule has 4 rings (SSSR count). The quantitative estimate of drug-likeness (QED) is 0.503. The van der Waals surface area contributed by atoms with Gasteiger partial charge in [-0.25, -0.2) is 12.8 Å². The fourth-order valence-electron chi connectivity index (χ4n) is 3.37. The molecule has 1 aliphatic heterocycles. The third kappa shape index (κ3) is 5.89. The Morgan fingerprint density at radius 2 is 1.79 bits per heavy atom. The molecule has 1 amide bonds. The number of carbonyl (C=O) groups is 1. The van der Waals surface area contributed by atoms with Crippen molar-refractivity contribution >= 4 is 39.1 Å². The lowest BCUT2D eigenvalue weighted by Crippen LogP contribution is -2.48. The summed E-state index contributed by atoms with van der Waals surface area (Å²) in [7, 11) is -3.17. The molecule has 1 N–H and O–H groups in total. The first-order chi connectivity index (χ1) is 15.8. The number of sulfonamides is 1. The van der Waals surface area contributed by atoms with E-state index in [1.807, 2.05) is 12.1 Å². The van der Waals surface area contributed by atoms with Crippen molar-refractivity contribution < 1.29 is 22.0 Å². The van der Waals surface area contributed by atoms with Gasteiger partial charge in [0.15, 0.2) is 0 Å². The maximum atomic E-state index is 13.8. The van der Waals surface area contributed by atoms with Crippen LogP contribution in [0.5, 0.6) is 0 Å². The van der Waals surface area contributed by atoms with Crippen molar-refractivity contribution in [2.75, 3.05) is 48.4 Å². The number of nitrogens with zero attached hydrogens (tertiary/aromatic N) is 4. The van der Waals surface area contributed by atoms with Crippen LogP contribution in [-0.4, -0.2) is 67.0 Å². The average Bonchev–Trinajstić information content (AvgIpc) is 3.27. The zero-order chi connectivity index (χ0) is 23.4. The van der Waals surface area contributed by atoms with E-state index in [-0.39, 0.29) is 28.3 Å². The van der Waals surface area contributed by atoms with E-state index < -0.39 is 15.8 Å². The van der Waals surface area contributed by atoms with E-state index in [1.165, 1.54) is 16.6 Å². The molecule has 2 aromatic carbocycles. The number of benzene rings is 2. The predicted molar refractivity (Wildman–Crippen MR) is 124 cm³/mol. The first-order valence-electron chi connectivity index (χ1n) is 10.1. The number of carbonyl (C=O) groups excluding carboxylic acids is 1. The summed E-state index contributed by atoms with van der Waals surface area (Å²) in [5.41, 5.74) is 1.80. The van der Waals surface area contributed by atoms with Gasteiger partial charge in [-0.05, 0) is 36.4 Å². The number of hydrogen-bond acceptors (Lipinski definition) is 8. The molecular weight excluding hydrogens is 469 g/mol. The third-order valence-electron chi connectivity index (χ3n) is 5.06. The molecule has 174 valence electrons. The maximum Gasteiger partial charge on any atom is 0.277 e. The van der Waals surface area contributed by atoms with E-state index in [2.05, 4.69) is 20.4 Å². The van der Waals surface area contributed by atoms with Crippen LogP contribution < -0.4 is 10.2 Å². The Bertz CT molecular complexity index is 1230. The molecule has 12 heteroatoms. The summed E-state index contributed by atoms with van der Waals surface area (Å²) < 4.78 is 44.0. The molecule has 0 saturated carbocycles. The van der Waals surface area contributed by atoms with Crippen molar-refractivity contribution in [2.45, 2.75) is 5.22 Å². The lowest BCUT2D eigenvalue weighted by atomic mass is 10.2. The lowest BCUT2D eigenvalue weighted by Gasteiger charge is -2.34. The topological polar surface area (TPSA) is 109 Å². The molecule has 0 bridgehead atoms. The molecule has 33 heavy (non-hydrogen) atoms. The van der Waals surface area contributed by atoms with Crippen molar-refractivity contribution in [3.8, 4) is 11.5 Å². The Labute approximate surface area is 195 Å².